The molecule has 0 aromatic heterocycles. The molecule has 0 aromatic carbocycles. The number of likely N-dealkylation sites (tertiary alicyclic amines) is 1. The zero-order valence-corrected chi connectivity index (χ0v) is 14.0. The van der Waals surface area contributed by atoms with E-state index in [2.05, 4.69) is 4.74 Å². The largest absolute Gasteiger partial charge is 0.471 e. The Hall–Kier alpha value is -2.00. The van der Waals surface area contributed by atoms with Gasteiger partial charge in [-0.2, -0.15) is 13.2 Å². The summed E-state index contributed by atoms with van der Waals surface area (Å²) in [7, 11) is 1.02. The maximum Gasteiger partial charge on any atom is 0.471 e. The molecule has 1 N–H and O–H groups in total. The van der Waals surface area contributed by atoms with Crippen molar-refractivity contribution in [2.75, 3.05) is 20.2 Å². The van der Waals surface area contributed by atoms with Crippen molar-refractivity contribution >= 4 is 18.0 Å². The topological polar surface area (TPSA) is 84.9 Å². The lowest BCUT2D eigenvalue weighted by Crippen LogP contribution is -2.63. The van der Waals surface area contributed by atoms with Gasteiger partial charge in [-0.3, -0.25) is 4.79 Å². The summed E-state index contributed by atoms with van der Waals surface area (Å²) < 4.78 is 47.1. The van der Waals surface area contributed by atoms with E-state index in [0.29, 0.717) is 0 Å². The first-order valence-electron chi connectivity index (χ1n) is 7.26. The Kier molecular flexibility index (Phi) is 5.73. The summed E-state index contributed by atoms with van der Waals surface area (Å²) in [4.78, 5) is 36.4. The molecule has 1 fully saturated rings. The Morgan fingerprint density at radius 3 is 1.96 bits per heavy atom. The molecule has 1 aliphatic heterocycles. The third-order valence-electron chi connectivity index (χ3n) is 3.46. The standard InChI is InChI=1S/C14H21F3N2O5/c1-12(2,3)24-11(22)19-7-5-13(6-8-19,10(21)23-4)18-9(20)14(15,16)17/h5-8H2,1-4H3,(H,18,20). The summed E-state index contributed by atoms with van der Waals surface area (Å²) >= 11 is 0. The van der Waals surface area contributed by atoms with Crippen molar-refractivity contribution in [3.8, 4) is 0 Å². The van der Waals surface area contributed by atoms with Crippen LogP contribution in [0.25, 0.3) is 0 Å². The molecule has 10 heteroatoms. The number of nitrogens with zero attached hydrogens (tertiary/aromatic N) is 1. The summed E-state index contributed by atoms with van der Waals surface area (Å²) in [5.41, 5.74) is -2.54. The molecule has 7 nitrogen and oxygen atoms in total. The third kappa shape index (κ3) is 5.00. The second kappa shape index (κ2) is 6.86. The number of nitrogens with one attached hydrogen (secondary N) is 1. The number of rotatable bonds is 2. The minimum absolute atomic E-state index is 0.0534. The molecule has 2 amide bonds. The van der Waals surface area contributed by atoms with E-state index in [9.17, 15) is 27.6 Å². The van der Waals surface area contributed by atoms with Gasteiger partial charge in [0, 0.05) is 13.1 Å². The van der Waals surface area contributed by atoms with E-state index in [1.807, 2.05) is 0 Å². The Morgan fingerprint density at radius 2 is 1.58 bits per heavy atom. The number of hydrogen-bond acceptors (Lipinski definition) is 5. The van der Waals surface area contributed by atoms with Gasteiger partial charge in [0.1, 0.15) is 11.1 Å². The van der Waals surface area contributed by atoms with Crippen molar-refractivity contribution < 1.29 is 37.0 Å². The fourth-order valence-corrected chi connectivity index (χ4v) is 2.26. The number of carbonyl (C=O) groups excluding carboxylic acids is 3. The van der Waals surface area contributed by atoms with Crippen LogP contribution in [0.5, 0.6) is 0 Å². The lowest BCUT2D eigenvalue weighted by Gasteiger charge is -2.40. The van der Waals surface area contributed by atoms with Gasteiger partial charge in [-0.1, -0.05) is 0 Å². The fraction of sp³-hybridized carbons (Fsp3) is 0.786. The van der Waals surface area contributed by atoms with Gasteiger partial charge < -0.3 is 19.7 Å². The number of hydrogen-bond donors (Lipinski definition) is 1. The molecular weight excluding hydrogens is 333 g/mol. The second-order valence-electron chi connectivity index (χ2n) is 6.49. The Balaban J connectivity index is 2.84. The van der Waals surface area contributed by atoms with Crippen LogP contribution in [0.4, 0.5) is 18.0 Å². The Bertz CT molecular complexity index is 506. The highest BCUT2D eigenvalue weighted by Gasteiger charge is 2.50. The van der Waals surface area contributed by atoms with Gasteiger partial charge in [-0.25, -0.2) is 9.59 Å². The molecule has 1 saturated heterocycles. The first kappa shape index (κ1) is 20.0. The van der Waals surface area contributed by atoms with Crippen molar-refractivity contribution in [2.45, 2.75) is 50.9 Å². The van der Waals surface area contributed by atoms with Crippen LogP contribution < -0.4 is 5.32 Å². The molecular formula is C14H21F3N2O5. The Labute approximate surface area is 137 Å². The first-order valence-corrected chi connectivity index (χ1v) is 7.26. The minimum atomic E-state index is -5.12. The van der Waals surface area contributed by atoms with E-state index < -0.39 is 35.3 Å². The smallest absolute Gasteiger partial charge is 0.467 e. The van der Waals surface area contributed by atoms with Crippen molar-refractivity contribution in [2.24, 2.45) is 0 Å². The zero-order chi connectivity index (χ0) is 18.8. The molecule has 1 rings (SSSR count). The molecule has 0 spiro atoms. The molecule has 24 heavy (non-hydrogen) atoms. The summed E-state index contributed by atoms with van der Waals surface area (Å²) in [6.07, 6.45) is -6.17. The van der Waals surface area contributed by atoms with Crippen molar-refractivity contribution in [1.29, 1.82) is 0 Å². The molecule has 1 aliphatic rings. The number of ether oxygens (including phenoxy) is 2. The van der Waals surface area contributed by atoms with Gasteiger partial charge in [0.2, 0.25) is 0 Å². The number of amides is 2. The van der Waals surface area contributed by atoms with E-state index in [1.54, 1.807) is 26.1 Å². The van der Waals surface area contributed by atoms with Gasteiger partial charge in [0.15, 0.2) is 0 Å². The molecule has 0 saturated carbocycles. The van der Waals surface area contributed by atoms with Crippen molar-refractivity contribution in [1.82, 2.24) is 10.2 Å². The highest BCUT2D eigenvalue weighted by atomic mass is 19.4. The summed E-state index contributed by atoms with van der Waals surface area (Å²) in [6.45, 7) is 4.93. The van der Waals surface area contributed by atoms with E-state index in [1.165, 1.54) is 4.90 Å². The average molecular weight is 354 g/mol. The molecule has 0 atom stereocenters. The molecule has 0 aromatic rings. The minimum Gasteiger partial charge on any atom is -0.467 e. The van der Waals surface area contributed by atoms with Crippen LogP contribution in [-0.2, 0) is 19.1 Å². The van der Waals surface area contributed by atoms with E-state index in [4.69, 9.17) is 4.74 Å². The van der Waals surface area contributed by atoms with Crippen LogP contribution in [0.15, 0.2) is 0 Å². The Morgan fingerprint density at radius 1 is 1.08 bits per heavy atom. The monoisotopic (exact) mass is 354 g/mol. The third-order valence-corrected chi connectivity index (χ3v) is 3.46. The highest BCUT2D eigenvalue weighted by molar-refractivity contribution is 5.90. The van der Waals surface area contributed by atoms with Gasteiger partial charge >= 0.3 is 24.1 Å². The molecule has 0 unspecified atom stereocenters. The predicted octanol–water partition coefficient (Wildman–Crippen LogP) is 1.61. The summed E-state index contributed by atoms with van der Waals surface area (Å²) in [6, 6.07) is 0. The van der Waals surface area contributed by atoms with Gasteiger partial charge in [-0.05, 0) is 33.6 Å². The number of alkyl halides is 3. The van der Waals surface area contributed by atoms with Crippen LogP contribution in [0.1, 0.15) is 33.6 Å². The number of methoxy groups -OCH3 is 1. The summed E-state index contributed by atoms with van der Waals surface area (Å²) in [5.74, 6) is -3.21. The SMILES string of the molecule is COC(=O)C1(NC(=O)C(F)(F)F)CCN(C(=O)OC(C)(C)C)CC1. The van der Waals surface area contributed by atoms with Crippen LogP contribution >= 0.6 is 0 Å². The fourth-order valence-electron chi connectivity index (χ4n) is 2.26. The zero-order valence-electron chi connectivity index (χ0n) is 14.0. The molecule has 138 valence electrons. The molecule has 0 bridgehead atoms. The van der Waals surface area contributed by atoms with Crippen LogP contribution in [-0.4, -0.2) is 60.4 Å². The molecule has 0 radical (unpaired) electrons. The number of esters is 1. The second-order valence-corrected chi connectivity index (χ2v) is 6.49. The molecule has 1 heterocycles. The summed E-state index contributed by atoms with van der Waals surface area (Å²) in [5, 5.41) is 1.71. The molecule has 0 aliphatic carbocycles. The number of halogens is 3. The normalized spacial score (nSPS) is 17.9. The lowest BCUT2D eigenvalue weighted by molar-refractivity contribution is -0.179. The predicted molar refractivity (Wildman–Crippen MR) is 76.0 cm³/mol. The van der Waals surface area contributed by atoms with E-state index in [0.717, 1.165) is 7.11 Å². The number of carbonyl (C=O) groups is 3. The quantitative estimate of drug-likeness (QED) is 0.762. The van der Waals surface area contributed by atoms with Gasteiger partial charge in [-0.15, -0.1) is 0 Å². The van der Waals surface area contributed by atoms with Crippen molar-refractivity contribution in [3.63, 3.8) is 0 Å². The average Bonchev–Trinajstić information content (AvgIpc) is 2.44. The maximum absolute atomic E-state index is 12.5. The van der Waals surface area contributed by atoms with Crippen LogP contribution in [0, 0.1) is 0 Å². The van der Waals surface area contributed by atoms with E-state index in [-0.39, 0.29) is 25.9 Å². The lowest BCUT2D eigenvalue weighted by atomic mass is 9.87. The first-order chi connectivity index (χ1) is 10.8. The van der Waals surface area contributed by atoms with Crippen LogP contribution in [0.3, 0.4) is 0 Å². The van der Waals surface area contributed by atoms with Crippen LogP contribution in [0.2, 0.25) is 0 Å². The number of piperidine rings is 1. The van der Waals surface area contributed by atoms with Gasteiger partial charge in [0.05, 0.1) is 7.11 Å². The maximum atomic E-state index is 12.5. The van der Waals surface area contributed by atoms with E-state index >= 15 is 0 Å². The van der Waals surface area contributed by atoms with Gasteiger partial charge in [0.25, 0.3) is 0 Å². The highest BCUT2D eigenvalue weighted by Crippen LogP contribution is 2.27. The van der Waals surface area contributed by atoms with Crippen molar-refractivity contribution in [3.05, 3.63) is 0 Å².